The summed E-state index contributed by atoms with van der Waals surface area (Å²) in [5.74, 6) is 0.687. The van der Waals surface area contributed by atoms with E-state index in [2.05, 4.69) is 5.32 Å². The highest BCUT2D eigenvalue weighted by molar-refractivity contribution is 7.90. The van der Waals surface area contributed by atoms with Gasteiger partial charge in [-0.2, -0.15) is 12.7 Å². The summed E-state index contributed by atoms with van der Waals surface area (Å²) in [6.45, 7) is 2.11. The third kappa shape index (κ3) is 4.65. The maximum absolute atomic E-state index is 13.5. The molecule has 1 heterocycles. The molecule has 8 nitrogen and oxygen atoms in total. The Bertz CT molecular complexity index is 1120. The number of nitrogens with one attached hydrogen (secondary N) is 1. The lowest BCUT2D eigenvalue weighted by Gasteiger charge is -2.60. The van der Waals surface area contributed by atoms with Crippen LogP contribution in [0, 0.1) is 30.1 Å². The highest BCUT2D eigenvalue weighted by atomic mass is 35.5. The van der Waals surface area contributed by atoms with Gasteiger partial charge in [0, 0.05) is 30.6 Å². The van der Waals surface area contributed by atoms with Gasteiger partial charge in [-0.3, -0.25) is 13.9 Å². The van der Waals surface area contributed by atoms with Gasteiger partial charge in [0.2, 0.25) is 11.8 Å². The average Bonchev–Trinajstić information content (AvgIpc) is 2.71. The Morgan fingerprint density at radius 1 is 1.14 bits per heavy atom. The highest BCUT2D eigenvalue weighted by Gasteiger charge is 2.56. The number of benzene rings is 1. The van der Waals surface area contributed by atoms with Crippen LogP contribution in [0.15, 0.2) is 12.1 Å². The Balaban J connectivity index is 1.28. The van der Waals surface area contributed by atoms with E-state index < -0.39 is 10.2 Å². The summed E-state index contributed by atoms with van der Waals surface area (Å²) in [4.78, 5) is 24.8. The SMILES string of the molecule is Cc1cc(Cl)cc(Cl)c1N1CCCN(CC(=O)NC2C3CC4CC2CC(CC(N)=O)(C4)C3)S1(=O)=O. The largest absolute Gasteiger partial charge is 0.370 e. The van der Waals surface area contributed by atoms with Crippen molar-refractivity contribution in [2.45, 2.75) is 57.9 Å². The number of anilines is 1. The highest BCUT2D eigenvalue weighted by Crippen LogP contribution is 2.61. The number of amides is 2. The van der Waals surface area contributed by atoms with Gasteiger partial charge in [-0.1, -0.05) is 23.2 Å². The third-order valence-corrected chi connectivity index (χ3v) is 10.8. The molecule has 11 heteroatoms. The van der Waals surface area contributed by atoms with E-state index in [0.717, 1.165) is 32.1 Å². The van der Waals surface area contributed by atoms with E-state index in [1.54, 1.807) is 13.0 Å². The first kappa shape index (κ1) is 25.1. The molecule has 5 fully saturated rings. The predicted molar refractivity (Wildman–Crippen MR) is 135 cm³/mol. The Kier molecular flexibility index (Phi) is 6.52. The summed E-state index contributed by atoms with van der Waals surface area (Å²) in [7, 11) is -3.93. The van der Waals surface area contributed by atoms with Gasteiger partial charge in [-0.05, 0) is 86.3 Å². The van der Waals surface area contributed by atoms with Crippen molar-refractivity contribution in [3.63, 3.8) is 0 Å². The molecule has 6 rings (SSSR count). The first-order valence-electron chi connectivity index (χ1n) is 12.3. The minimum atomic E-state index is -3.93. The second-order valence-corrected chi connectivity index (χ2v) is 13.7. The number of nitrogens with zero attached hydrogens (tertiary/aromatic N) is 2. The fourth-order valence-electron chi connectivity index (χ4n) is 7.57. The molecule has 0 radical (unpaired) electrons. The monoisotopic (exact) mass is 542 g/mol. The number of hydrogen-bond acceptors (Lipinski definition) is 4. The Hall–Kier alpha value is -1.55. The number of carbonyl (C=O) groups is 2. The molecule has 1 saturated heterocycles. The van der Waals surface area contributed by atoms with Crippen molar-refractivity contribution < 1.29 is 18.0 Å². The van der Waals surface area contributed by atoms with Gasteiger partial charge < -0.3 is 11.1 Å². The topological polar surface area (TPSA) is 113 Å². The second-order valence-electron chi connectivity index (χ2n) is 11.0. The number of primary amides is 1. The summed E-state index contributed by atoms with van der Waals surface area (Å²) >= 11 is 12.4. The standard InChI is InChI=1S/C24H32Cl2N4O4S/c1-14-5-18(25)8-19(26)23(14)30-4-2-3-29(35(30,33)34)13-21(32)28-22-16-6-15-7-17(22)11-24(9-15,10-16)12-20(27)31/h5,8,15-17,22H,2-4,6-7,9-13H2,1H3,(H2,27,31)(H,28,32). The van der Waals surface area contributed by atoms with Crippen molar-refractivity contribution in [1.29, 1.82) is 0 Å². The zero-order valence-corrected chi connectivity index (χ0v) is 22.1. The number of hydrogen-bond donors (Lipinski definition) is 2. The Morgan fingerprint density at radius 2 is 1.83 bits per heavy atom. The van der Waals surface area contributed by atoms with Crippen LogP contribution in [0.2, 0.25) is 10.0 Å². The predicted octanol–water partition coefficient (Wildman–Crippen LogP) is 3.25. The molecule has 2 unspecified atom stereocenters. The van der Waals surface area contributed by atoms with Crippen molar-refractivity contribution in [3.8, 4) is 0 Å². The van der Waals surface area contributed by atoms with Gasteiger partial charge in [-0.25, -0.2) is 0 Å². The lowest BCUT2D eigenvalue weighted by Crippen LogP contribution is -2.61. The van der Waals surface area contributed by atoms with Gasteiger partial charge in [0.25, 0.3) is 0 Å². The van der Waals surface area contributed by atoms with Crippen LogP contribution in [0.3, 0.4) is 0 Å². The lowest BCUT2D eigenvalue weighted by molar-refractivity contribution is -0.134. The minimum Gasteiger partial charge on any atom is -0.370 e. The Morgan fingerprint density at radius 3 is 2.46 bits per heavy atom. The van der Waals surface area contributed by atoms with Crippen molar-refractivity contribution in [2.75, 3.05) is 23.9 Å². The van der Waals surface area contributed by atoms with Crippen LogP contribution in [0.4, 0.5) is 5.69 Å². The Labute approximate surface area is 216 Å². The molecule has 1 aromatic carbocycles. The molecular weight excluding hydrogens is 511 g/mol. The first-order chi connectivity index (χ1) is 16.5. The smallest absolute Gasteiger partial charge is 0.304 e. The summed E-state index contributed by atoms with van der Waals surface area (Å²) < 4.78 is 29.4. The van der Waals surface area contributed by atoms with Crippen LogP contribution in [0.5, 0.6) is 0 Å². The van der Waals surface area contributed by atoms with Crippen LogP contribution < -0.4 is 15.4 Å². The van der Waals surface area contributed by atoms with E-state index in [9.17, 15) is 18.0 Å². The van der Waals surface area contributed by atoms with E-state index >= 15 is 0 Å². The van der Waals surface area contributed by atoms with Gasteiger partial charge in [-0.15, -0.1) is 0 Å². The summed E-state index contributed by atoms with van der Waals surface area (Å²) in [6, 6.07) is 3.24. The summed E-state index contributed by atoms with van der Waals surface area (Å²) in [6.07, 6.45) is 5.95. The molecule has 0 spiro atoms. The minimum absolute atomic E-state index is 0.0179. The quantitative estimate of drug-likeness (QED) is 0.574. The molecule has 0 aromatic heterocycles. The van der Waals surface area contributed by atoms with Crippen molar-refractivity contribution >= 4 is 50.9 Å². The molecule has 2 atom stereocenters. The molecule has 1 aromatic rings. The summed E-state index contributed by atoms with van der Waals surface area (Å²) in [5.41, 5.74) is 6.60. The first-order valence-corrected chi connectivity index (χ1v) is 14.4. The van der Waals surface area contributed by atoms with E-state index in [0.29, 0.717) is 53.4 Å². The number of aryl methyl sites for hydroxylation is 1. The van der Waals surface area contributed by atoms with Gasteiger partial charge in [0.1, 0.15) is 0 Å². The average molecular weight is 544 g/mol. The summed E-state index contributed by atoms with van der Waals surface area (Å²) in [5, 5.41) is 3.89. The normalized spacial score (nSPS) is 33.6. The van der Waals surface area contributed by atoms with Crippen molar-refractivity contribution in [2.24, 2.45) is 28.9 Å². The number of rotatable bonds is 6. The van der Waals surface area contributed by atoms with Crippen LogP contribution >= 0.6 is 23.2 Å². The van der Waals surface area contributed by atoms with Crippen LogP contribution in [0.1, 0.15) is 50.5 Å². The number of halogens is 2. The second kappa shape index (κ2) is 9.08. The van der Waals surface area contributed by atoms with E-state index in [1.807, 2.05) is 0 Å². The molecule has 3 N–H and O–H groups in total. The molecule has 4 bridgehead atoms. The molecule has 4 saturated carbocycles. The zero-order valence-electron chi connectivity index (χ0n) is 19.8. The van der Waals surface area contributed by atoms with E-state index in [1.165, 1.54) is 14.7 Å². The molecule has 192 valence electrons. The van der Waals surface area contributed by atoms with E-state index in [4.69, 9.17) is 28.9 Å². The van der Waals surface area contributed by atoms with Crippen LogP contribution in [-0.4, -0.2) is 50.2 Å². The maximum Gasteiger partial charge on any atom is 0.304 e. The number of nitrogens with two attached hydrogens (primary N) is 1. The fourth-order valence-corrected chi connectivity index (χ4v) is 10.1. The maximum atomic E-state index is 13.5. The van der Waals surface area contributed by atoms with Crippen LogP contribution in [-0.2, 0) is 19.8 Å². The molecule has 35 heavy (non-hydrogen) atoms. The molecule has 5 aliphatic rings. The van der Waals surface area contributed by atoms with Crippen molar-refractivity contribution in [3.05, 3.63) is 27.7 Å². The van der Waals surface area contributed by atoms with Gasteiger partial charge in [0.15, 0.2) is 0 Å². The molecular formula is C24H32Cl2N4O4S. The lowest BCUT2D eigenvalue weighted by atomic mass is 9.47. The van der Waals surface area contributed by atoms with Gasteiger partial charge >= 0.3 is 10.2 Å². The van der Waals surface area contributed by atoms with E-state index in [-0.39, 0.29) is 41.4 Å². The zero-order chi connectivity index (χ0) is 25.1. The number of carbonyl (C=O) groups excluding carboxylic acids is 2. The third-order valence-electron chi connectivity index (χ3n) is 8.44. The fraction of sp³-hybridized carbons (Fsp3) is 0.667. The molecule has 1 aliphatic heterocycles. The molecule has 2 amide bonds. The van der Waals surface area contributed by atoms with Gasteiger partial charge in [0.05, 0.1) is 17.3 Å². The molecule has 4 aliphatic carbocycles. The van der Waals surface area contributed by atoms with Crippen LogP contribution in [0.25, 0.3) is 0 Å². The van der Waals surface area contributed by atoms with Crippen molar-refractivity contribution in [1.82, 2.24) is 9.62 Å².